The lowest BCUT2D eigenvalue weighted by molar-refractivity contribution is 1.00. The van der Waals surface area contributed by atoms with Gasteiger partial charge in [0.1, 0.15) is 5.82 Å². The van der Waals surface area contributed by atoms with Crippen LogP contribution in [0.4, 0.5) is 11.4 Å². The predicted octanol–water partition coefficient (Wildman–Crippen LogP) is 2.46. The van der Waals surface area contributed by atoms with Crippen LogP contribution in [0.3, 0.4) is 0 Å². The van der Waals surface area contributed by atoms with E-state index in [4.69, 9.17) is 5.73 Å². The third-order valence-corrected chi connectivity index (χ3v) is 3.07. The zero-order valence-electron chi connectivity index (χ0n) is 10.6. The minimum absolute atomic E-state index is 0.646. The lowest BCUT2D eigenvalue weighted by atomic mass is 10.1. The summed E-state index contributed by atoms with van der Waals surface area (Å²) in [6.07, 6.45) is 5.37. The second-order valence-electron chi connectivity index (χ2n) is 4.46. The van der Waals surface area contributed by atoms with Gasteiger partial charge in [-0.05, 0) is 25.1 Å². The molecule has 1 aromatic carbocycles. The van der Waals surface area contributed by atoms with Crippen molar-refractivity contribution < 1.29 is 0 Å². The highest BCUT2D eigenvalue weighted by Gasteiger charge is 2.05. The lowest BCUT2D eigenvalue weighted by Crippen LogP contribution is -2.02. The van der Waals surface area contributed by atoms with E-state index in [9.17, 15) is 0 Å². The van der Waals surface area contributed by atoms with Crippen molar-refractivity contribution in [1.29, 1.82) is 0 Å². The molecule has 3 rings (SSSR count). The smallest absolute Gasteiger partial charge is 0.125 e. The summed E-state index contributed by atoms with van der Waals surface area (Å²) >= 11 is 0. The Labute approximate surface area is 110 Å². The van der Waals surface area contributed by atoms with Crippen molar-refractivity contribution >= 4 is 22.1 Å². The maximum atomic E-state index is 5.98. The van der Waals surface area contributed by atoms with Gasteiger partial charge in [0.05, 0.1) is 6.54 Å². The van der Waals surface area contributed by atoms with Crippen LogP contribution < -0.4 is 11.1 Å². The van der Waals surface area contributed by atoms with E-state index >= 15 is 0 Å². The fraction of sp³-hybridized carbons (Fsp3) is 0.143. The molecule has 19 heavy (non-hydrogen) atoms. The number of pyridine rings is 1. The fourth-order valence-corrected chi connectivity index (χ4v) is 2.09. The third-order valence-electron chi connectivity index (χ3n) is 3.07. The molecule has 0 radical (unpaired) electrons. The summed E-state index contributed by atoms with van der Waals surface area (Å²) in [5.41, 5.74) is 8.73. The number of aryl methyl sites for hydroxylation is 1. The number of fused-ring (bicyclic) bond motifs is 1. The lowest BCUT2D eigenvalue weighted by Gasteiger charge is -2.11. The molecule has 2 aromatic heterocycles. The fourth-order valence-electron chi connectivity index (χ4n) is 2.09. The van der Waals surface area contributed by atoms with Crippen LogP contribution in [-0.4, -0.2) is 15.0 Å². The van der Waals surface area contributed by atoms with Crippen molar-refractivity contribution in [2.45, 2.75) is 13.5 Å². The number of imidazole rings is 1. The molecular weight excluding hydrogens is 238 g/mol. The summed E-state index contributed by atoms with van der Waals surface area (Å²) in [4.78, 5) is 11.6. The number of nitrogens with two attached hydrogens (primary N) is 1. The topological polar surface area (TPSA) is 79.6 Å². The minimum atomic E-state index is 0.646. The number of aromatic amines is 1. The van der Waals surface area contributed by atoms with Gasteiger partial charge in [-0.1, -0.05) is 0 Å². The van der Waals surface area contributed by atoms with Crippen LogP contribution in [0, 0.1) is 6.92 Å². The van der Waals surface area contributed by atoms with E-state index in [0.29, 0.717) is 6.54 Å². The first kappa shape index (κ1) is 11.5. The average molecular weight is 253 g/mol. The van der Waals surface area contributed by atoms with E-state index in [-0.39, 0.29) is 0 Å². The van der Waals surface area contributed by atoms with Gasteiger partial charge in [0.15, 0.2) is 0 Å². The Balaban J connectivity index is 1.98. The number of benzene rings is 1. The molecule has 0 amide bonds. The van der Waals surface area contributed by atoms with Crippen LogP contribution in [0.25, 0.3) is 10.8 Å². The molecule has 0 aliphatic rings. The highest BCUT2D eigenvalue weighted by atomic mass is 15.0. The van der Waals surface area contributed by atoms with Crippen molar-refractivity contribution in [3.05, 3.63) is 48.3 Å². The molecule has 3 aromatic rings. The Hall–Kier alpha value is -2.56. The van der Waals surface area contributed by atoms with Crippen LogP contribution in [0.5, 0.6) is 0 Å². The van der Waals surface area contributed by atoms with Crippen LogP contribution in [0.1, 0.15) is 11.5 Å². The van der Waals surface area contributed by atoms with Crippen LogP contribution in [0.2, 0.25) is 0 Å². The molecule has 0 unspecified atom stereocenters. The van der Waals surface area contributed by atoms with E-state index < -0.39 is 0 Å². The highest BCUT2D eigenvalue weighted by Crippen LogP contribution is 2.28. The van der Waals surface area contributed by atoms with Crippen LogP contribution >= 0.6 is 0 Å². The van der Waals surface area contributed by atoms with Crippen molar-refractivity contribution in [3.63, 3.8) is 0 Å². The second kappa shape index (κ2) is 4.61. The number of H-pyrrole nitrogens is 1. The standard InChI is InChI=1S/C14H15N5/c1-9-6-10-11(7-18-9)12(15)2-3-13(10)19-8-14-16-4-5-17-14/h2-7,19H,8,15H2,1H3,(H,16,17). The Kier molecular flexibility index (Phi) is 2.79. The molecule has 0 spiro atoms. The van der Waals surface area contributed by atoms with Gasteiger partial charge >= 0.3 is 0 Å². The normalized spacial score (nSPS) is 10.8. The molecule has 0 bridgehead atoms. The molecule has 0 aliphatic heterocycles. The summed E-state index contributed by atoms with van der Waals surface area (Å²) in [5.74, 6) is 0.899. The number of hydrogen-bond donors (Lipinski definition) is 3. The van der Waals surface area contributed by atoms with E-state index in [1.807, 2.05) is 37.5 Å². The zero-order valence-corrected chi connectivity index (χ0v) is 10.6. The van der Waals surface area contributed by atoms with E-state index in [0.717, 1.165) is 33.7 Å². The van der Waals surface area contributed by atoms with Gasteiger partial charge in [-0.25, -0.2) is 4.98 Å². The molecule has 0 saturated carbocycles. The molecule has 0 saturated heterocycles. The van der Waals surface area contributed by atoms with Gasteiger partial charge in [0.25, 0.3) is 0 Å². The minimum Gasteiger partial charge on any atom is -0.398 e. The van der Waals surface area contributed by atoms with Crippen molar-refractivity contribution in [2.75, 3.05) is 11.1 Å². The molecule has 5 nitrogen and oxygen atoms in total. The predicted molar refractivity (Wildman–Crippen MR) is 76.8 cm³/mol. The van der Waals surface area contributed by atoms with Gasteiger partial charge in [-0.3, -0.25) is 4.98 Å². The van der Waals surface area contributed by atoms with E-state index in [1.165, 1.54) is 0 Å². The number of anilines is 2. The van der Waals surface area contributed by atoms with Crippen molar-refractivity contribution in [1.82, 2.24) is 15.0 Å². The molecule has 0 atom stereocenters. The van der Waals surface area contributed by atoms with E-state index in [2.05, 4.69) is 20.3 Å². The summed E-state index contributed by atoms with van der Waals surface area (Å²) in [5, 5.41) is 5.42. The summed E-state index contributed by atoms with van der Waals surface area (Å²) in [7, 11) is 0. The van der Waals surface area contributed by atoms with Crippen molar-refractivity contribution in [2.24, 2.45) is 0 Å². The first-order valence-electron chi connectivity index (χ1n) is 6.11. The van der Waals surface area contributed by atoms with Gasteiger partial charge in [0.2, 0.25) is 0 Å². The third kappa shape index (κ3) is 2.22. The first-order chi connectivity index (χ1) is 9.24. The van der Waals surface area contributed by atoms with Crippen molar-refractivity contribution in [3.8, 4) is 0 Å². The van der Waals surface area contributed by atoms with Gasteiger partial charge in [-0.2, -0.15) is 0 Å². The van der Waals surface area contributed by atoms with Crippen LogP contribution in [0.15, 0.2) is 36.8 Å². The molecule has 0 fully saturated rings. The summed E-state index contributed by atoms with van der Waals surface area (Å²) in [6, 6.07) is 5.92. The Morgan fingerprint density at radius 1 is 1.26 bits per heavy atom. The monoisotopic (exact) mass is 253 g/mol. The Bertz CT molecular complexity index is 703. The Morgan fingerprint density at radius 2 is 2.16 bits per heavy atom. The summed E-state index contributed by atoms with van der Waals surface area (Å²) in [6.45, 7) is 2.62. The molecule has 96 valence electrons. The second-order valence-corrected chi connectivity index (χ2v) is 4.46. The molecule has 5 heteroatoms. The number of nitrogens with zero attached hydrogens (tertiary/aromatic N) is 2. The molecule has 2 heterocycles. The maximum absolute atomic E-state index is 5.98. The zero-order chi connectivity index (χ0) is 13.2. The summed E-state index contributed by atoms with van der Waals surface area (Å²) < 4.78 is 0. The number of nitrogen functional groups attached to an aromatic ring is 1. The SMILES string of the molecule is Cc1cc2c(NCc3ncc[nH]3)ccc(N)c2cn1. The van der Waals surface area contributed by atoms with Gasteiger partial charge in [-0.15, -0.1) is 0 Å². The van der Waals surface area contributed by atoms with Crippen LogP contribution in [-0.2, 0) is 6.54 Å². The Morgan fingerprint density at radius 3 is 2.95 bits per heavy atom. The molecular formula is C14H15N5. The number of hydrogen-bond acceptors (Lipinski definition) is 4. The number of aromatic nitrogens is 3. The quantitative estimate of drug-likeness (QED) is 0.626. The highest BCUT2D eigenvalue weighted by molar-refractivity contribution is 6.00. The van der Waals surface area contributed by atoms with Gasteiger partial charge < -0.3 is 16.0 Å². The largest absolute Gasteiger partial charge is 0.398 e. The first-order valence-corrected chi connectivity index (χ1v) is 6.11. The number of nitrogens with one attached hydrogen (secondary N) is 2. The number of rotatable bonds is 3. The van der Waals surface area contributed by atoms with E-state index in [1.54, 1.807) is 6.20 Å². The maximum Gasteiger partial charge on any atom is 0.125 e. The molecule has 4 N–H and O–H groups in total. The average Bonchev–Trinajstić information content (AvgIpc) is 2.91. The molecule has 0 aliphatic carbocycles. The van der Waals surface area contributed by atoms with Gasteiger partial charge in [0, 0.05) is 46.4 Å².